The highest BCUT2D eigenvalue weighted by atomic mass is 16.5. The van der Waals surface area contributed by atoms with Crippen LogP contribution < -0.4 is 4.74 Å². The fraction of sp³-hybridized carbons (Fsp3) is 0.611. The minimum atomic E-state index is -0.798. The molecule has 0 saturated carbocycles. The normalized spacial score (nSPS) is 12.1. The van der Waals surface area contributed by atoms with E-state index >= 15 is 0 Å². The summed E-state index contributed by atoms with van der Waals surface area (Å²) in [5.74, 6) is 0.00930. The van der Waals surface area contributed by atoms with Crippen molar-refractivity contribution in [1.29, 1.82) is 0 Å². The molecule has 0 amide bonds. The molecular weight excluding hydrogens is 280 g/mol. The van der Waals surface area contributed by atoms with Crippen LogP contribution in [-0.4, -0.2) is 24.3 Å². The number of carbonyl (C=O) groups is 1. The van der Waals surface area contributed by atoms with Crippen molar-refractivity contribution in [2.45, 2.75) is 64.6 Å². The second-order valence-corrected chi connectivity index (χ2v) is 5.58. The molecule has 0 aliphatic heterocycles. The maximum Gasteiger partial charge on any atom is 0.305 e. The molecule has 0 aromatic heterocycles. The Morgan fingerprint density at radius 3 is 2.41 bits per heavy atom. The van der Waals surface area contributed by atoms with Crippen molar-refractivity contribution in [2.24, 2.45) is 0 Å². The molecule has 0 fully saturated rings. The van der Waals surface area contributed by atoms with Gasteiger partial charge in [-0.25, -0.2) is 0 Å². The molecule has 1 N–H and O–H groups in total. The summed E-state index contributed by atoms with van der Waals surface area (Å²) >= 11 is 0. The molecule has 1 aromatic carbocycles. The van der Waals surface area contributed by atoms with Gasteiger partial charge in [-0.15, -0.1) is 0 Å². The van der Waals surface area contributed by atoms with Gasteiger partial charge in [-0.2, -0.15) is 0 Å². The third kappa shape index (κ3) is 8.03. The summed E-state index contributed by atoms with van der Waals surface area (Å²) in [4.78, 5) is 10.9. The highest BCUT2D eigenvalue weighted by Gasteiger charge is 2.13. The Labute approximate surface area is 133 Å². The fourth-order valence-electron chi connectivity index (χ4n) is 2.35. The number of rotatable bonds is 12. The zero-order valence-corrected chi connectivity index (χ0v) is 13.7. The average molecular weight is 308 g/mol. The van der Waals surface area contributed by atoms with Crippen LogP contribution in [0.1, 0.15) is 57.4 Å². The van der Waals surface area contributed by atoms with Gasteiger partial charge < -0.3 is 14.6 Å². The largest absolute Gasteiger partial charge is 0.497 e. The van der Waals surface area contributed by atoms with E-state index in [0.29, 0.717) is 6.61 Å². The molecule has 1 aromatic rings. The number of aliphatic carboxylic acids is 1. The zero-order valence-electron chi connectivity index (χ0n) is 13.7. The van der Waals surface area contributed by atoms with Crippen LogP contribution in [0.5, 0.6) is 5.75 Å². The molecule has 1 atom stereocenters. The minimum absolute atomic E-state index is 0.0733. The minimum Gasteiger partial charge on any atom is -0.497 e. The van der Waals surface area contributed by atoms with Crippen LogP contribution in [0.25, 0.3) is 0 Å². The van der Waals surface area contributed by atoms with E-state index in [2.05, 4.69) is 6.92 Å². The van der Waals surface area contributed by atoms with Gasteiger partial charge >= 0.3 is 5.97 Å². The maximum atomic E-state index is 10.9. The molecule has 0 radical (unpaired) electrons. The summed E-state index contributed by atoms with van der Waals surface area (Å²) in [5.41, 5.74) is 1.03. The molecule has 0 heterocycles. The molecule has 0 bridgehead atoms. The summed E-state index contributed by atoms with van der Waals surface area (Å²) in [6, 6.07) is 7.65. The number of ether oxygens (including phenoxy) is 2. The predicted molar refractivity (Wildman–Crippen MR) is 87.2 cm³/mol. The fourth-order valence-corrected chi connectivity index (χ4v) is 2.35. The molecule has 1 rings (SSSR count). The third-order valence-corrected chi connectivity index (χ3v) is 3.68. The Hall–Kier alpha value is -1.55. The highest BCUT2D eigenvalue weighted by molar-refractivity contribution is 5.67. The van der Waals surface area contributed by atoms with Crippen LogP contribution in [0, 0.1) is 0 Å². The topological polar surface area (TPSA) is 55.8 Å². The zero-order chi connectivity index (χ0) is 16.2. The van der Waals surface area contributed by atoms with Gasteiger partial charge in [-0.3, -0.25) is 4.79 Å². The highest BCUT2D eigenvalue weighted by Crippen LogP contribution is 2.16. The molecule has 124 valence electrons. The number of carboxylic acid groups (broad SMARTS) is 1. The van der Waals surface area contributed by atoms with Crippen molar-refractivity contribution in [1.82, 2.24) is 0 Å². The lowest BCUT2D eigenvalue weighted by atomic mass is 10.1. The molecule has 0 aliphatic rings. The Morgan fingerprint density at radius 2 is 1.82 bits per heavy atom. The van der Waals surface area contributed by atoms with E-state index in [9.17, 15) is 4.79 Å². The van der Waals surface area contributed by atoms with Gasteiger partial charge in [0.05, 0.1) is 26.2 Å². The number of unbranched alkanes of at least 4 members (excludes halogenated alkanes) is 4. The van der Waals surface area contributed by atoms with Crippen molar-refractivity contribution in [3.05, 3.63) is 29.8 Å². The Balaban J connectivity index is 2.37. The number of hydrogen-bond acceptors (Lipinski definition) is 3. The van der Waals surface area contributed by atoms with Crippen LogP contribution in [0.3, 0.4) is 0 Å². The van der Waals surface area contributed by atoms with E-state index in [-0.39, 0.29) is 12.5 Å². The van der Waals surface area contributed by atoms with Crippen molar-refractivity contribution >= 4 is 5.97 Å². The number of carboxylic acids is 1. The van der Waals surface area contributed by atoms with Gasteiger partial charge in [0.15, 0.2) is 0 Å². The van der Waals surface area contributed by atoms with Crippen LogP contribution in [0.2, 0.25) is 0 Å². The molecular formula is C18H28O4. The molecule has 22 heavy (non-hydrogen) atoms. The summed E-state index contributed by atoms with van der Waals surface area (Å²) in [7, 11) is 1.63. The van der Waals surface area contributed by atoms with Gasteiger partial charge in [-0.05, 0) is 24.1 Å². The van der Waals surface area contributed by atoms with Crippen molar-refractivity contribution in [3.63, 3.8) is 0 Å². The van der Waals surface area contributed by atoms with Crippen molar-refractivity contribution in [2.75, 3.05) is 7.11 Å². The van der Waals surface area contributed by atoms with E-state index in [0.717, 1.165) is 30.6 Å². The predicted octanol–water partition coefficient (Wildman–Crippen LogP) is 4.42. The first-order valence-electron chi connectivity index (χ1n) is 8.12. The van der Waals surface area contributed by atoms with Gasteiger partial charge in [-0.1, -0.05) is 51.2 Å². The Morgan fingerprint density at radius 1 is 1.14 bits per heavy atom. The van der Waals surface area contributed by atoms with E-state index in [1.807, 2.05) is 24.3 Å². The van der Waals surface area contributed by atoms with Crippen LogP contribution in [-0.2, 0) is 16.1 Å². The quantitative estimate of drug-likeness (QED) is 0.581. The molecule has 0 spiro atoms. The van der Waals surface area contributed by atoms with Crippen molar-refractivity contribution in [3.8, 4) is 5.75 Å². The molecule has 0 unspecified atom stereocenters. The Kier molecular flexibility index (Phi) is 9.31. The summed E-state index contributed by atoms with van der Waals surface area (Å²) in [6.45, 7) is 2.63. The lowest BCUT2D eigenvalue weighted by Crippen LogP contribution is -2.17. The monoisotopic (exact) mass is 308 g/mol. The standard InChI is InChI=1S/C18H28O4/c1-3-4-5-6-7-8-17(13-18(19)20)22-14-15-9-11-16(21-2)12-10-15/h9-12,17H,3-8,13-14H2,1-2H3,(H,19,20)/t17-/m1/s1. The average Bonchev–Trinajstić information content (AvgIpc) is 2.52. The third-order valence-electron chi connectivity index (χ3n) is 3.68. The smallest absolute Gasteiger partial charge is 0.305 e. The van der Waals surface area contributed by atoms with Gasteiger partial charge in [0.25, 0.3) is 0 Å². The summed E-state index contributed by atoms with van der Waals surface area (Å²) < 4.78 is 10.9. The van der Waals surface area contributed by atoms with E-state index in [1.165, 1.54) is 19.3 Å². The van der Waals surface area contributed by atoms with E-state index < -0.39 is 5.97 Å². The van der Waals surface area contributed by atoms with Crippen molar-refractivity contribution < 1.29 is 19.4 Å². The van der Waals surface area contributed by atoms with Crippen LogP contribution >= 0.6 is 0 Å². The summed E-state index contributed by atoms with van der Waals surface area (Å²) in [5, 5.41) is 8.99. The second-order valence-electron chi connectivity index (χ2n) is 5.58. The van der Waals surface area contributed by atoms with Gasteiger partial charge in [0.1, 0.15) is 5.75 Å². The van der Waals surface area contributed by atoms with Gasteiger partial charge in [0.2, 0.25) is 0 Å². The van der Waals surface area contributed by atoms with E-state index in [4.69, 9.17) is 14.6 Å². The summed E-state index contributed by atoms with van der Waals surface area (Å²) in [6.07, 6.45) is 6.53. The number of hydrogen-bond donors (Lipinski definition) is 1. The molecule has 0 aliphatic carbocycles. The van der Waals surface area contributed by atoms with Crippen LogP contribution in [0.15, 0.2) is 24.3 Å². The first-order valence-corrected chi connectivity index (χ1v) is 8.12. The lowest BCUT2D eigenvalue weighted by Gasteiger charge is -2.16. The van der Waals surface area contributed by atoms with E-state index in [1.54, 1.807) is 7.11 Å². The lowest BCUT2D eigenvalue weighted by molar-refractivity contribution is -0.140. The maximum absolute atomic E-state index is 10.9. The SMILES string of the molecule is CCCCCCC[C@H](CC(=O)O)OCc1ccc(OC)cc1. The number of methoxy groups -OCH3 is 1. The number of benzene rings is 1. The van der Waals surface area contributed by atoms with Crippen LogP contribution in [0.4, 0.5) is 0 Å². The molecule has 4 heteroatoms. The molecule has 0 saturated heterocycles. The van der Waals surface area contributed by atoms with Gasteiger partial charge in [0, 0.05) is 0 Å². The first kappa shape index (κ1) is 18.5. The molecule has 4 nitrogen and oxygen atoms in total. The first-order chi connectivity index (χ1) is 10.7. The Bertz CT molecular complexity index is 414. The second kappa shape index (κ2) is 11.1.